The van der Waals surface area contributed by atoms with E-state index in [2.05, 4.69) is 21.3 Å². The van der Waals surface area contributed by atoms with Crippen LogP contribution < -0.4 is 15.0 Å². The third-order valence-electron chi connectivity index (χ3n) is 4.83. The average Bonchev–Trinajstić information content (AvgIpc) is 2.97. The van der Waals surface area contributed by atoms with E-state index < -0.39 is 0 Å². The van der Waals surface area contributed by atoms with Gasteiger partial charge in [0.25, 0.3) is 0 Å². The van der Waals surface area contributed by atoms with Crippen LogP contribution in [0.2, 0.25) is 0 Å². The lowest BCUT2D eigenvalue weighted by atomic mass is 10.0. The summed E-state index contributed by atoms with van der Waals surface area (Å²) in [5.41, 5.74) is 1.25. The molecule has 1 unspecified atom stereocenters. The second kappa shape index (κ2) is 4.67. The molecule has 4 heterocycles. The van der Waals surface area contributed by atoms with Crippen molar-refractivity contribution in [3.05, 3.63) is 18.5 Å². The first-order chi connectivity index (χ1) is 9.40. The van der Waals surface area contributed by atoms with E-state index in [0.29, 0.717) is 6.04 Å². The molecule has 19 heavy (non-hydrogen) atoms. The molecule has 0 amide bonds. The average molecular weight is 259 g/mol. The number of rotatable bonds is 4. The molecule has 0 radical (unpaired) electrons. The number of aromatic nitrogens is 1. The highest BCUT2D eigenvalue weighted by molar-refractivity contribution is 5.52. The SMILES string of the molecule is c1ncc(N2C3CCC2CC3)cc1OCC1CCN1. The van der Waals surface area contributed by atoms with Crippen LogP contribution in [0, 0.1) is 0 Å². The van der Waals surface area contributed by atoms with Crippen molar-refractivity contribution < 1.29 is 4.74 Å². The Morgan fingerprint density at radius 2 is 1.89 bits per heavy atom. The highest BCUT2D eigenvalue weighted by atomic mass is 16.5. The first-order valence-corrected chi connectivity index (χ1v) is 7.50. The Labute approximate surface area is 114 Å². The van der Waals surface area contributed by atoms with Crippen LogP contribution in [-0.4, -0.2) is 36.3 Å². The molecule has 4 rings (SSSR count). The molecule has 1 aromatic rings. The van der Waals surface area contributed by atoms with E-state index in [1.807, 2.05) is 12.4 Å². The molecule has 0 spiro atoms. The van der Waals surface area contributed by atoms with Crippen molar-refractivity contribution in [1.82, 2.24) is 10.3 Å². The number of hydrogen-bond acceptors (Lipinski definition) is 4. The zero-order valence-corrected chi connectivity index (χ0v) is 11.2. The quantitative estimate of drug-likeness (QED) is 0.897. The largest absolute Gasteiger partial charge is 0.490 e. The van der Waals surface area contributed by atoms with Gasteiger partial charge in [-0.25, -0.2) is 0 Å². The zero-order valence-electron chi connectivity index (χ0n) is 11.2. The lowest BCUT2D eigenvalue weighted by molar-refractivity contribution is 0.217. The summed E-state index contributed by atoms with van der Waals surface area (Å²) in [6.07, 6.45) is 10.4. The highest BCUT2D eigenvalue weighted by Gasteiger charge is 2.39. The van der Waals surface area contributed by atoms with Crippen molar-refractivity contribution in [3.8, 4) is 5.75 Å². The summed E-state index contributed by atoms with van der Waals surface area (Å²) in [7, 11) is 0. The van der Waals surface area contributed by atoms with Gasteiger partial charge < -0.3 is 15.0 Å². The second-order valence-electron chi connectivity index (χ2n) is 6.00. The van der Waals surface area contributed by atoms with Crippen molar-refractivity contribution in [2.75, 3.05) is 18.1 Å². The highest BCUT2D eigenvalue weighted by Crippen LogP contribution is 2.41. The second-order valence-corrected chi connectivity index (χ2v) is 6.00. The Bertz CT molecular complexity index is 440. The first-order valence-electron chi connectivity index (χ1n) is 7.50. The maximum absolute atomic E-state index is 5.85. The van der Waals surface area contributed by atoms with E-state index in [9.17, 15) is 0 Å². The van der Waals surface area contributed by atoms with Crippen LogP contribution >= 0.6 is 0 Å². The number of nitrogens with zero attached hydrogens (tertiary/aromatic N) is 2. The third-order valence-corrected chi connectivity index (χ3v) is 4.83. The van der Waals surface area contributed by atoms with E-state index in [0.717, 1.165) is 31.0 Å². The van der Waals surface area contributed by atoms with Gasteiger partial charge >= 0.3 is 0 Å². The minimum absolute atomic E-state index is 0.534. The van der Waals surface area contributed by atoms with Crippen LogP contribution in [0.4, 0.5) is 5.69 Å². The molecule has 4 nitrogen and oxygen atoms in total. The van der Waals surface area contributed by atoms with Crippen LogP contribution in [0.25, 0.3) is 0 Å². The number of pyridine rings is 1. The van der Waals surface area contributed by atoms with Crippen LogP contribution in [0.1, 0.15) is 32.1 Å². The Morgan fingerprint density at radius 3 is 2.53 bits per heavy atom. The van der Waals surface area contributed by atoms with E-state index in [1.165, 1.54) is 37.8 Å². The molecule has 0 aliphatic carbocycles. The Kier molecular flexibility index (Phi) is 2.84. The van der Waals surface area contributed by atoms with Crippen molar-refractivity contribution in [1.29, 1.82) is 0 Å². The summed E-state index contributed by atoms with van der Waals surface area (Å²) in [6, 6.07) is 4.19. The van der Waals surface area contributed by atoms with Crippen molar-refractivity contribution in [3.63, 3.8) is 0 Å². The number of ether oxygens (including phenoxy) is 1. The molecule has 0 aromatic carbocycles. The van der Waals surface area contributed by atoms with Crippen LogP contribution in [0.15, 0.2) is 18.5 Å². The van der Waals surface area contributed by atoms with Gasteiger partial charge in [-0.15, -0.1) is 0 Å². The van der Waals surface area contributed by atoms with Crippen molar-refractivity contribution >= 4 is 5.69 Å². The number of anilines is 1. The summed E-state index contributed by atoms with van der Waals surface area (Å²) >= 11 is 0. The van der Waals surface area contributed by atoms with E-state index >= 15 is 0 Å². The summed E-state index contributed by atoms with van der Waals surface area (Å²) in [6.45, 7) is 1.89. The minimum atomic E-state index is 0.534. The summed E-state index contributed by atoms with van der Waals surface area (Å²) in [5, 5.41) is 3.35. The van der Waals surface area contributed by atoms with E-state index in [1.54, 1.807) is 0 Å². The molecule has 0 saturated carbocycles. The Balaban J connectivity index is 1.47. The molecule has 4 heteroatoms. The number of fused-ring (bicyclic) bond motifs is 2. The normalized spacial score (nSPS) is 32.4. The summed E-state index contributed by atoms with van der Waals surface area (Å²) in [5.74, 6) is 0.914. The van der Waals surface area contributed by atoms with Crippen molar-refractivity contribution in [2.24, 2.45) is 0 Å². The van der Waals surface area contributed by atoms with Gasteiger partial charge in [-0.1, -0.05) is 0 Å². The molecule has 1 N–H and O–H groups in total. The molecular formula is C15H21N3O. The molecule has 102 valence electrons. The fraction of sp³-hybridized carbons (Fsp3) is 0.667. The van der Waals surface area contributed by atoms with Crippen molar-refractivity contribution in [2.45, 2.75) is 50.2 Å². The topological polar surface area (TPSA) is 37.4 Å². The van der Waals surface area contributed by atoms with Gasteiger partial charge in [0.15, 0.2) is 0 Å². The lowest BCUT2D eigenvalue weighted by Gasteiger charge is -2.28. The zero-order chi connectivity index (χ0) is 12.7. The van der Waals surface area contributed by atoms with Gasteiger partial charge in [0.1, 0.15) is 12.4 Å². The number of hydrogen-bond donors (Lipinski definition) is 1. The standard InChI is InChI=1S/C15H21N3O/c1-2-13-4-3-12(1)18(13)14-7-15(9-16-8-14)19-10-11-5-6-17-11/h7-9,11-13,17H,1-6,10H2. The Morgan fingerprint density at radius 1 is 1.16 bits per heavy atom. The van der Waals surface area contributed by atoms with Gasteiger partial charge in [-0.3, -0.25) is 4.98 Å². The predicted molar refractivity (Wildman–Crippen MR) is 74.7 cm³/mol. The van der Waals surface area contributed by atoms with Gasteiger partial charge in [0, 0.05) is 24.2 Å². The first kappa shape index (κ1) is 11.5. The molecule has 2 bridgehead atoms. The summed E-state index contributed by atoms with van der Waals surface area (Å²) < 4.78 is 5.85. The van der Waals surface area contributed by atoms with Crippen LogP contribution in [-0.2, 0) is 0 Å². The van der Waals surface area contributed by atoms with Crippen LogP contribution in [0.3, 0.4) is 0 Å². The smallest absolute Gasteiger partial charge is 0.139 e. The maximum Gasteiger partial charge on any atom is 0.139 e. The fourth-order valence-electron chi connectivity index (χ4n) is 3.65. The van der Waals surface area contributed by atoms with Gasteiger partial charge in [-0.2, -0.15) is 0 Å². The molecule has 3 aliphatic heterocycles. The van der Waals surface area contributed by atoms with Gasteiger partial charge in [0.05, 0.1) is 18.1 Å². The lowest BCUT2D eigenvalue weighted by Crippen LogP contribution is -2.46. The Hall–Kier alpha value is -1.29. The summed E-state index contributed by atoms with van der Waals surface area (Å²) in [4.78, 5) is 6.93. The number of nitrogens with one attached hydrogen (secondary N) is 1. The molecule has 1 atom stereocenters. The van der Waals surface area contributed by atoms with Gasteiger partial charge in [-0.05, 0) is 38.6 Å². The molecular weight excluding hydrogens is 238 g/mol. The molecule has 3 aliphatic rings. The molecule has 3 fully saturated rings. The molecule has 3 saturated heterocycles. The van der Waals surface area contributed by atoms with E-state index in [-0.39, 0.29) is 0 Å². The third kappa shape index (κ3) is 2.08. The monoisotopic (exact) mass is 259 g/mol. The predicted octanol–water partition coefficient (Wildman–Crippen LogP) is 1.95. The van der Waals surface area contributed by atoms with E-state index in [4.69, 9.17) is 4.74 Å². The van der Waals surface area contributed by atoms with Crippen LogP contribution in [0.5, 0.6) is 5.75 Å². The van der Waals surface area contributed by atoms with Gasteiger partial charge in [0.2, 0.25) is 0 Å². The minimum Gasteiger partial charge on any atom is -0.490 e. The fourth-order valence-corrected chi connectivity index (χ4v) is 3.65. The molecule has 1 aromatic heterocycles. The maximum atomic E-state index is 5.85.